The molecule has 5 rings (SSSR count). The summed E-state index contributed by atoms with van der Waals surface area (Å²) >= 11 is 0. The van der Waals surface area contributed by atoms with Gasteiger partial charge in [0.15, 0.2) is 0 Å². The standard InChI is InChI=1S/C26H27N3O4/c1-16-18(11-12-25(30)31)17(2)29-24(13-14-27-29)28(16)26(32)33-15-23-21-9-5-3-7-19(21)20-8-4-6-10-22(20)23/h3-10,13-14,16-18,23H,11-12,15H2,1-2H3,(H,30,31). The predicted octanol–water partition coefficient (Wildman–Crippen LogP) is 5.08. The lowest BCUT2D eigenvalue weighted by Crippen LogP contribution is -2.50. The van der Waals surface area contributed by atoms with Gasteiger partial charge in [-0.2, -0.15) is 5.10 Å². The van der Waals surface area contributed by atoms with Crippen LogP contribution in [0.5, 0.6) is 0 Å². The molecular formula is C26H27N3O4. The van der Waals surface area contributed by atoms with Crippen LogP contribution in [0, 0.1) is 5.92 Å². The number of carbonyl (C=O) groups excluding carboxylic acids is 1. The summed E-state index contributed by atoms with van der Waals surface area (Å²) in [7, 11) is 0. The molecule has 170 valence electrons. The van der Waals surface area contributed by atoms with Crippen LogP contribution >= 0.6 is 0 Å². The molecule has 3 atom stereocenters. The van der Waals surface area contributed by atoms with Crippen LogP contribution in [-0.4, -0.2) is 39.6 Å². The van der Waals surface area contributed by atoms with Crippen molar-refractivity contribution in [2.24, 2.45) is 5.92 Å². The molecule has 0 fully saturated rings. The topological polar surface area (TPSA) is 84.7 Å². The number of benzene rings is 2. The second-order valence-corrected chi connectivity index (χ2v) is 8.89. The molecule has 2 aliphatic rings. The van der Waals surface area contributed by atoms with Gasteiger partial charge in [-0.1, -0.05) is 48.5 Å². The highest BCUT2D eigenvalue weighted by Crippen LogP contribution is 2.45. The van der Waals surface area contributed by atoms with Gasteiger partial charge in [0.1, 0.15) is 12.4 Å². The lowest BCUT2D eigenvalue weighted by Gasteiger charge is -2.42. The number of ether oxygens (including phenoxy) is 1. The number of fused-ring (bicyclic) bond motifs is 4. The summed E-state index contributed by atoms with van der Waals surface area (Å²) in [5.41, 5.74) is 4.69. The molecule has 0 spiro atoms. The van der Waals surface area contributed by atoms with E-state index in [1.165, 1.54) is 11.1 Å². The van der Waals surface area contributed by atoms with Gasteiger partial charge < -0.3 is 9.84 Å². The molecule has 1 amide bonds. The quantitative estimate of drug-likeness (QED) is 0.592. The van der Waals surface area contributed by atoms with Crippen LogP contribution in [0.25, 0.3) is 11.1 Å². The van der Waals surface area contributed by atoms with Crippen molar-refractivity contribution < 1.29 is 19.4 Å². The zero-order valence-electron chi connectivity index (χ0n) is 18.7. The van der Waals surface area contributed by atoms with Crippen LogP contribution in [0.1, 0.15) is 49.8 Å². The van der Waals surface area contributed by atoms with Gasteiger partial charge in [0.25, 0.3) is 0 Å². The third-order valence-corrected chi connectivity index (χ3v) is 7.15. The van der Waals surface area contributed by atoms with Crippen molar-refractivity contribution in [3.05, 3.63) is 71.9 Å². The Kier molecular flexibility index (Phi) is 5.40. The summed E-state index contributed by atoms with van der Waals surface area (Å²) in [6.07, 6.45) is 1.75. The van der Waals surface area contributed by atoms with Crippen molar-refractivity contribution in [1.82, 2.24) is 9.78 Å². The highest BCUT2D eigenvalue weighted by molar-refractivity contribution is 5.88. The van der Waals surface area contributed by atoms with E-state index in [1.807, 2.05) is 44.2 Å². The molecule has 7 nitrogen and oxygen atoms in total. The highest BCUT2D eigenvalue weighted by Gasteiger charge is 2.41. The number of amides is 1. The van der Waals surface area contributed by atoms with Crippen LogP contribution in [0.15, 0.2) is 60.8 Å². The number of hydrogen-bond donors (Lipinski definition) is 1. The molecule has 2 heterocycles. The second kappa shape index (κ2) is 8.39. The van der Waals surface area contributed by atoms with E-state index in [4.69, 9.17) is 4.74 Å². The molecule has 0 bridgehead atoms. The van der Waals surface area contributed by atoms with Crippen molar-refractivity contribution >= 4 is 17.9 Å². The minimum absolute atomic E-state index is 0.0121. The largest absolute Gasteiger partial charge is 0.481 e. The Bertz CT molecular complexity index is 1160. The van der Waals surface area contributed by atoms with Gasteiger partial charge in [0.05, 0.1) is 12.2 Å². The molecule has 7 heteroatoms. The van der Waals surface area contributed by atoms with Gasteiger partial charge in [-0.25, -0.2) is 9.48 Å². The number of nitrogens with zero attached hydrogens (tertiary/aromatic N) is 3. The van der Waals surface area contributed by atoms with Crippen LogP contribution < -0.4 is 4.90 Å². The van der Waals surface area contributed by atoms with Crippen LogP contribution in [0.2, 0.25) is 0 Å². The summed E-state index contributed by atoms with van der Waals surface area (Å²) in [4.78, 5) is 26.2. The summed E-state index contributed by atoms with van der Waals surface area (Å²) in [6, 6.07) is 18.1. The molecule has 3 unspecified atom stereocenters. The van der Waals surface area contributed by atoms with E-state index in [1.54, 1.807) is 15.8 Å². The smallest absolute Gasteiger partial charge is 0.415 e. The van der Waals surface area contributed by atoms with E-state index in [-0.39, 0.29) is 36.9 Å². The molecule has 0 saturated carbocycles. The monoisotopic (exact) mass is 445 g/mol. The number of aromatic nitrogens is 2. The molecular weight excluding hydrogens is 418 g/mol. The van der Waals surface area contributed by atoms with Gasteiger partial charge in [0, 0.05) is 30.4 Å². The zero-order valence-corrected chi connectivity index (χ0v) is 18.7. The maximum absolute atomic E-state index is 13.4. The fourth-order valence-corrected chi connectivity index (χ4v) is 5.49. The Morgan fingerprint density at radius 3 is 2.24 bits per heavy atom. The first kappa shape index (κ1) is 21.2. The van der Waals surface area contributed by atoms with E-state index in [0.29, 0.717) is 12.2 Å². The number of rotatable bonds is 5. The van der Waals surface area contributed by atoms with Gasteiger partial charge in [-0.15, -0.1) is 0 Å². The normalized spacial score (nSPS) is 21.3. The molecule has 1 aromatic heterocycles. The fraction of sp³-hybridized carbons (Fsp3) is 0.346. The van der Waals surface area contributed by atoms with Crippen molar-refractivity contribution in [2.45, 2.75) is 44.7 Å². The van der Waals surface area contributed by atoms with Crippen molar-refractivity contribution in [3.63, 3.8) is 0 Å². The second-order valence-electron chi connectivity index (χ2n) is 8.89. The average molecular weight is 446 g/mol. The van der Waals surface area contributed by atoms with Crippen molar-refractivity contribution in [1.29, 1.82) is 0 Å². The Labute approximate surface area is 192 Å². The van der Waals surface area contributed by atoms with Crippen molar-refractivity contribution in [2.75, 3.05) is 11.5 Å². The van der Waals surface area contributed by atoms with E-state index >= 15 is 0 Å². The van der Waals surface area contributed by atoms with Gasteiger partial charge in [-0.3, -0.25) is 9.69 Å². The van der Waals surface area contributed by atoms with E-state index in [9.17, 15) is 14.7 Å². The maximum Gasteiger partial charge on any atom is 0.415 e. The highest BCUT2D eigenvalue weighted by atomic mass is 16.6. The Morgan fingerprint density at radius 2 is 1.61 bits per heavy atom. The van der Waals surface area contributed by atoms with Gasteiger partial charge >= 0.3 is 12.1 Å². The number of carbonyl (C=O) groups is 2. The number of anilines is 1. The van der Waals surface area contributed by atoms with Crippen LogP contribution in [0.4, 0.5) is 10.6 Å². The Morgan fingerprint density at radius 1 is 0.970 bits per heavy atom. The minimum Gasteiger partial charge on any atom is -0.481 e. The Hall–Kier alpha value is -3.61. The first-order valence-electron chi connectivity index (χ1n) is 11.4. The van der Waals surface area contributed by atoms with E-state index in [2.05, 4.69) is 29.4 Å². The lowest BCUT2D eigenvalue weighted by molar-refractivity contribution is -0.137. The molecule has 3 aromatic rings. The minimum atomic E-state index is -0.839. The molecule has 33 heavy (non-hydrogen) atoms. The Balaban J connectivity index is 1.39. The number of carboxylic acids is 1. The average Bonchev–Trinajstić information content (AvgIpc) is 3.41. The predicted molar refractivity (Wildman–Crippen MR) is 124 cm³/mol. The molecule has 0 saturated heterocycles. The van der Waals surface area contributed by atoms with Gasteiger partial charge in [0.2, 0.25) is 0 Å². The SMILES string of the molecule is CC1C(CCC(=O)O)C(C)n2nccc2N1C(=O)OCC1c2ccccc2-c2ccccc21. The van der Waals surface area contributed by atoms with Crippen LogP contribution in [-0.2, 0) is 9.53 Å². The lowest BCUT2D eigenvalue weighted by atomic mass is 9.86. The molecule has 1 aliphatic carbocycles. The number of hydrogen-bond acceptors (Lipinski definition) is 4. The molecule has 1 N–H and O–H groups in total. The molecule has 0 radical (unpaired) electrons. The summed E-state index contributed by atoms with van der Waals surface area (Å²) < 4.78 is 7.71. The van der Waals surface area contributed by atoms with Crippen molar-refractivity contribution in [3.8, 4) is 11.1 Å². The fourth-order valence-electron chi connectivity index (χ4n) is 5.49. The maximum atomic E-state index is 13.4. The zero-order chi connectivity index (χ0) is 23.1. The number of aliphatic carboxylic acids is 1. The van der Waals surface area contributed by atoms with E-state index < -0.39 is 12.1 Å². The third kappa shape index (κ3) is 3.57. The number of carboxylic acid groups (broad SMARTS) is 1. The summed E-state index contributed by atoms with van der Waals surface area (Å²) in [6.45, 7) is 4.22. The molecule has 1 aliphatic heterocycles. The summed E-state index contributed by atoms with van der Waals surface area (Å²) in [5.74, 6) is -0.228. The van der Waals surface area contributed by atoms with E-state index in [0.717, 1.165) is 11.1 Å². The molecule has 2 aromatic carbocycles. The van der Waals surface area contributed by atoms with Gasteiger partial charge in [-0.05, 0) is 42.5 Å². The summed E-state index contributed by atoms with van der Waals surface area (Å²) in [5, 5.41) is 13.6. The first-order chi connectivity index (χ1) is 16.0. The first-order valence-corrected chi connectivity index (χ1v) is 11.4. The third-order valence-electron chi connectivity index (χ3n) is 7.15. The van der Waals surface area contributed by atoms with Crippen LogP contribution in [0.3, 0.4) is 0 Å².